The second kappa shape index (κ2) is 11.1. The predicted octanol–water partition coefficient (Wildman–Crippen LogP) is 5.93. The standard InChI is InChI=1S/C21H24BrCl2NO4/c1-12(2)6-18(21(26)27)25-10-13-7-16(22)20(19(8-13)28-3)29-11-14-4-5-15(23)9-17(14)24/h4-5,7-9,12,18,25H,6,10-11H2,1-3H3,(H,26,27). The van der Waals surface area contributed by atoms with Gasteiger partial charge in [-0.25, -0.2) is 0 Å². The summed E-state index contributed by atoms with van der Waals surface area (Å²) in [5, 5.41) is 13.6. The van der Waals surface area contributed by atoms with Crippen molar-refractivity contribution in [3.63, 3.8) is 0 Å². The number of carbonyl (C=O) groups is 1. The lowest BCUT2D eigenvalue weighted by Gasteiger charge is -2.18. The Hall–Kier alpha value is -1.47. The maximum atomic E-state index is 11.4. The fraction of sp³-hybridized carbons (Fsp3) is 0.381. The number of methoxy groups -OCH3 is 1. The summed E-state index contributed by atoms with van der Waals surface area (Å²) < 4.78 is 12.1. The molecule has 1 atom stereocenters. The third kappa shape index (κ3) is 7.07. The van der Waals surface area contributed by atoms with Gasteiger partial charge in [-0.05, 0) is 58.1 Å². The van der Waals surface area contributed by atoms with Crippen molar-refractivity contribution in [3.05, 3.63) is 56.0 Å². The highest BCUT2D eigenvalue weighted by molar-refractivity contribution is 9.10. The quantitative estimate of drug-likeness (QED) is 0.419. The van der Waals surface area contributed by atoms with Gasteiger partial charge in [0.2, 0.25) is 0 Å². The molecule has 0 aliphatic carbocycles. The van der Waals surface area contributed by atoms with Crippen molar-refractivity contribution in [2.24, 2.45) is 5.92 Å². The second-order valence-corrected chi connectivity index (χ2v) is 8.73. The molecule has 0 bridgehead atoms. The van der Waals surface area contributed by atoms with Crippen molar-refractivity contribution in [2.75, 3.05) is 7.11 Å². The molecule has 1 unspecified atom stereocenters. The number of rotatable bonds is 10. The van der Waals surface area contributed by atoms with E-state index in [1.807, 2.05) is 32.0 Å². The zero-order chi connectivity index (χ0) is 21.6. The van der Waals surface area contributed by atoms with Crippen LogP contribution >= 0.6 is 39.1 Å². The molecule has 8 heteroatoms. The van der Waals surface area contributed by atoms with E-state index < -0.39 is 12.0 Å². The van der Waals surface area contributed by atoms with Gasteiger partial charge in [-0.1, -0.05) is 43.1 Å². The van der Waals surface area contributed by atoms with Gasteiger partial charge in [-0.3, -0.25) is 4.79 Å². The minimum atomic E-state index is -0.857. The smallest absolute Gasteiger partial charge is 0.320 e. The number of hydrogen-bond donors (Lipinski definition) is 2. The average Bonchev–Trinajstić information content (AvgIpc) is 2.64. The minimum Gasteiger partial charge on any atom is -0.493 e. The fourth-order valence-corrected chi connectivity index (χ4v) is 3.85. The summed E-state index contributed by atoms with van der Waals surface area (Å²) in [6.07, 6.45) is 0.552. The van der Waals surface area contributed by atoms with Crippen molar-refractivity contribution in [1.29, 1.82) is 0 Å². The first-order valence-corrected chi connectivity index (χ1v) is 10.7. The Balaban J connectivity index is 2.12. The summed E-state index contributed by atoms with van der Waals surface area (Å²) in [7, 11) is 1.56. The van der Waals surface area contributed by atoms with Gasteiger partial charge in [0.1, 0.15) is 12.6 Å². The van der Waals surface area contributed by atoms with E-state index in [2.05, 4.69) is 21.2 Å². The number of halogens is 3. The molecule has 0 saturated carbocycles. The molecule has 29 heavy (non-hydrogen) atoms. The summed E-state index contributed by atoms with van der Waals surface area (Å²) in [6.45, 7) is 4.63. The molecule has 0 spiro atoms. The zero-order valence-corrected chi connectivity index (χ0v) is 19.6. The first-order chi connectivity index (χ1) is 13.7. The zero-order valence-electron chi connectivity index (χ0n) is 16.5. The highest BCUT2D eigenvalue weighted by Crippen LogP contribution is 2.37. The van der Waals surface area contributed by atoms with Gasteiger partial charge in [0.05, 0.1) is 11.6 Å². The van der Waals surface area contributed by atoms with Crippen LogP contribution in [0.1, 0.15) is 31.4 Å². The summed E-state index contributed by atoms with van der Waals surface area (Å²) in [5.41, 5.74) is 1.68. The van der Waals surface area contributed by atoms with Crippen LogP contribution in [0.15, 0.2) is 34.8 Å². The van der Waals surface area contributed by atoms with Crippen molar-refractivity contribution in [2.45, 2.75) is 39.5 Å². The van der Waals surface area contributed by atoms with Crippen LogP contribution in [0.25, 0.3) is 0 Å². The summed E-state index contributed by atoms with van der Waals surface area (Å²) in [5.74, 6) is 0.501. The minimum absolute atomic E-state index is 0.248. The van der Waals surface area contributed by atoms with E-state index in [4.69, 9.17) is 32.7 Å². The normalized spacial score (nSPS) is 12.1. The van der Waals surface area contributed by atoms with Crippen molar-refractivity contribution in [3.8, 4) is 11.5 Å². The Morgan fingerprint density at radius 1 is 1.24 bits per heavy atom. The van der Waals surface area contributed by atoms with Gasteiger partial charge in [0, 0.05) is 22.2 Å². The van der Waals surface area contributed by atoms with Crippen LogP contribution in [-0.2, 0) is 17.9 Å². The maximum Gasteiger partial charge on any atom is 0.320 e. The molecule has 5 nitrogen and oxygen atoms in total. The molecule has 2 aromatic rings. The Morgan fingerprint density at radius 3 is 2.55 bits per heavy atom. The van der Waals surface area contributed by atoms with Gasteiger partial charge < -0.3 is 19.9 Å². The Kier molecular flexibility index (Phi) is 9.08. The predicted molar refractivity (Wildman–Crippen MR) is 119 cm³/mol. The Morgan fingerprint density at radius 2 is 1.97 bits per heavy atom. The van der Waals surface area contributed by atoms with Gasteiger partial charge in [0.15, 0.2) is 11.5 Å². The number of hydrogen-bond acceptors (Lipinski definition) is 4. The molecule has 0 aliphatic heterocycles. The average molecular weight is 505 g/mol. The molecule has 0 heterocycles. The van der Waals surface area contributed by atoms with Gasteiger partial charge in [-0.15, -0.1) is 0 Å². The molecule has 158 valence electrons. The van der Waals surface area contributed by atoms with Crippen LogP contribution in [0.2, 0.25) is 10.0 Å². The largest absolute Gasteiger partial charge is 0.493 e. The molecule has 0 aromatic heterocycles. The summed E-state index contributed by atoms with van der Waals surface area (Å²) >= 11 is 15.6. The number of nitrogens with one attached hydrogen (secondary N) is 1. The lowest BCUT2D eigenvalue weighted by atomic mass is 10.0. The highest BCUT2D eigenvalue weighted by Gasteiger charge is 2.19. The molecular weight excluding hydrogens is 481 g/mol. The molecular formula is C21H24BrCl2NO4. The first kappa shape index (κ1) is 23.8. The third-order valence-electron chi connectivity index (χ3n) is 4.23. The van der Waals surface area contributed by atoms with Gasteiger partial charge in [0.25, 0.3) is 0 Å². The lowest BCUT2D eigenvalue weighted by Crippen LogP contribution is -2.37. The van der Waals surface area contributed by atoms with E-state index >= 15 is 0 Å². The monoisotopic (exact) mass is 503 g/mol. The van der Waals surface area contributed by atoms with E-state index in [0.29, 0.717) is 39.0 Å². The Labute approximate surface area is 189 Å². The molecule has 0 saturated heterocycles. The van der Waals surface area contributed by atoms with E-state index in [9.17, 15) is 9.90 Å². The lowest BCUT2D eigenvalue weighted by molar-refractivity contribution is -0.140. The van der Waals surface area contributed by atoms with Crippen LogP contribution in [0.4, 0.5) is 0 Å². The molecule has 0 aliphatic rings. The van der Waals surface area contributed by atoms with Crippen LogP contribution in [0, 0.1) is 5.92 Å². The number of benzene rings is 2. The SMILES string of the molecule is COc1cc(CNC(CC(C)C)C(=O)O)cc(Br)c1OCc1ccc(Cl)cc1Cl. The van der Waals surface area contributed by atoms with Crippen LogP contribution in [0.5, 0.6) is 11.5 Å². The summed E-state index contributed by atoms with van der Waals surface area (Å²) in [6, 6.07) is 8.32. The van der Waals surface area contributed by atoms with E-state index in [1.54, 1.807) is 19.2 Å². The Bertz CT molecular complexity index is 861. The van der Waals surface area contributed by atoms with E-state index in [-0.39, 0.29) is 12.5 Å². The number of carboxylic acids is 1. The van der Waals surface area contributed by atoms with Gasteiger partial charge >= 0.3 is 5.97 Å². The first-order valence-electron chi connectivity index (χ1n) is 9.10. The van der Waals surface area contributed by atoms with Crippen molar-refractivity contribution >= 4 is 45.1 Å². The van der Waals surface area contributed by atoms with Crippen molar-refractivity contribution in [1.82, 2.24) is 5.32 Å². The fourth-order valence-electron chi connectivity index (χ4n) is 2.79. The number of ether oxygens (including phenoxy) is 2. The second-order valence-electron chi connectivity index (χ2n) is 7.03. The number of carboxylic acid groups (broad SMARTS) is 1. The molecule has 0 fully saturated rings. The van der Waals surface area contributed by atoms with Gasteiger partial charge in [-0.2, -0.15) is 0 Å². The molecule has 0 amide bonds. The highest BCUT2D eigenvalue weighted by atomic mass is 79.9. The molecule has 2 aromatic carbocycles. The topological polar surface area (TPSA) is 67.8 Å². The number of aliphatic carboxylic acids is 1. The molecule has 2 rings (SSSR count). The molecule has 2 N–H and O–H groups in total. The maximum absolute atomic E-state index is 11.4. The summed E-state index contributed by atoms with van der Waals surface area (Å²) in [4.78, 5) is 11.4. The third-order valence-corrected chi connectivity index (χ3v) is 5.41. The molecule has 0 radical (unpaired) electrons. The van der Waals surface area contributed by atoms with E-state index in [1.165, 1.54) is 0 Å². The van der Waals surface area contributed by atoms with E-state index in [0.717, 1.165) is 11.1 Å². The van der Waals surface area contributed by atoms with Crippen LogP contribution in [0.3, 0.4) is 0 Å². The van der Waals surface area contributed by atoms with Crippen LogP contribution < -0.4 is 14.8 Å². The van der Waals surface area contributed by atoms with Crippen molar-refractivity contribution < 1.29 is 19.4 Å². The van der Waals surface area contributed by atoms with Crippen LogP contribution in [-0.4, -0.2) is 24.2 Å².